The molecule has 1 aromatic carbocycles. The molecule has 2 nitrogen and oxygen atoms in total. The zero-order valence-corrected chi connectivity index (χ0v) is 11.5. The van der Waals surface area contributed by atoms with E-state index in [-0.39, 0.29) is 0 Å². The average molecular weight is 453 g/mol. The van der Waals surface area contributed by atoms with E-state index < -0.39 is 5.97 Å². The average Bonchev–Trinajstić information content (AvgIpc) is 2.00. The Kier molecular flexibility index (Phi) is 3.77. The number of benzene rings is 1. The number of aromatic carboxylic acids is 1. The zero-order chi connectivity index (χ0) is 9.30. The normalized spacial score (nSPS) is 9.92. The molecule has 1 N–H and O–H groups in total. The van der Waals surface area contributed by atoms with Crippen molar-refractivity contribution in [3.05, 3.63) is 29.3 Å². The molecular formula is C7H3BrI2O2. The first kappa shape index (κ1) is 10.7. The highest BCUT2D eigenvalue weighted by molar-refractivity contribution is 14.1. The van der Waals surface area contributed by atoms with Gasteiger partial charge in [-0.15, -0.1) is 0 Å². The van der Waals surface area contributed by atoms with Gasteiger partial charge in [0.25, 0.3) is 0 Å². The molecule has 0 aromatic heterocycles. The molecule has 0 aliphatic carbocycles. The lowest BCUT2D eigenvalue weighted by Crippen LogP contribution is -2.00. The van der Waals surface area contributed by atoms with E-state index in [0.717, 1.165) is 11.6 Å². The van der Waals surface area contributed by atoms with Crippen LogP contribution in [0.15, 0.2) is 16.6 Å². The maximum absolute atomic E-state index is 10.7. The lowest BCUT2D eigenvalue weighted by Gasteiger charge is -2.02. The summed E-state index contributed by atoms with van der Waals surface area (Å²) in [6.45, 7) is 0. The molecule has 0 fully saturated rings. The molecule has 1 aromatic rings. The molecule has 0 saturated carbocycles. The highest BCUT2D eigenvalue weighted by Gasteiger charge is 2.12. The number of hydrogen-bond donors (Lipinski definition) is 1. The molecule has 0 spiro atoms. The second-order valence-electron chi connectivity index (χ2n) is 2.03. The standard InChI is InChI=1S/C7H3BrI2O2/c8-5-4(9)2-1-3(6(5)10)7(11)12/h1-2H,(H,11,12). The quantitative estimate of drug-likeness (QED) is 0.524. The molecule has 0 aliphatic heterocycles. The Balaban J connectivity index is 3.36. The monoisotopic (exact) mass is 452 g/mol. The van der Waals surface area contributed by atoms with Crippen LogP contribution in [0.5, 0.6) is 0 Å². The highest BCUT2D eigenvalue weighted by atomic mass is 127. The van der Waals surface area contributed by atoms with Gasteiger partial charge in [-0.25, -0.2) is 4.79 Å². The Morgan fingerprint density at radius 1 is 1.42 bits per heavy atom. The molecule has 0 bridgehead atoms. The predicted octanol–water partition coefficient (Wildman–Crippen LogP) is 3.36. The molecule has 1 rings (SSSR count). The van der Waals surface area contributed by atoms with Crippen molar-refractivity contribution in [2.45, 2.75) is 0 Å². The Hall–Kier alpha value is 0.630. The summed E-state index contributed by atoms with van der Waals surface area (Å²) in [7, 11) is 0. The van der Waals surface area contributed by atoms with E-state index in [1.807, 2.05) is 22.6 Å². The summed E-state index contributed by atoms with van der Waals surface area (Å²) in [5.74, 6) is -0.892. The summed E-state index contributed by atoms with van der Waals surface area (Å²) >= 11 is 7.48. The van der Waals surface area contributed by atoms with Crippen LogP contribution in [0.4, 0.5) is 0 Å². The van der Waals surface area contributed by atoms with Gasteiger partial charge in [0.2, 0.25) is 0 Å². The van der Waals surface area contributed by atoms with Crippen molar-refractivity contribution in [1.82, 2.24) is 0 Å². The van der Waals surface area contributed by atoms with E-state index in [0.29, 0.717) is 5.56 Å². The van der Waals surface area contributed by atoms with Crippen molar-refractivity contribution >= 4 is 67.1 Å². The van der Waals surface area contributed by atoms with Crippen molar-refractivity contribution in [1.29, 1.82) is 0 Å². The fourth-order valence-electron chi connectivity index (χ4n) is 0.691. The van der Waals surface area contributed by atoms with Crippen molar-refractivity contribution in [2.24, 2.45) is 0 Å². The topological polar surface area (TPSA) is 37.3 Å². The maximum Gasteiger partial charge on any atom is 0.336 e. The summed E-state index contributed by atoms with van der Waals surface area (Å²) < 4.78 is 2.61. The molecule has 12 heavy (non-hydrogen) atoms. The maximum atomic E-state index is 10.7. The number of hydrogen-bond acceptors (Lipinski definition) is 1. The van der Waals surface area contributed by atoms with Gasteiger partial charge in [0, 0.05) is 11.6 Å². The largest absolute Gasteiger partial charge is 0.478 e. The summed E-state index contributed by atoms with van der Waals surface area (Å²) in [6, 6.07) is 3.38. The lowest BCUT2D eigenvalue weighted by atomic mass is 10.2. The summed E-state index contributed by atoms with van der Waals surface area (Å²) in [4.78, 5) is 10.7. The molecule has 0 saturated heterocycles. The van der Waals surface area contributed by atoms with Gasteiger partial charge in [-0.2, -0.15) is 0 Å². The molecule has 0 amide bonds. The second-order valence-corrected chi connectivity index (χ2v) is 5.06. The van der Waals surface area contributed by atoms with Crippen LogP contribution in [0.2, 0.25) is 0 Å². The zero-order valence-electron chi connectivity index (χ0n) is 5.64. The van der Waals surface area contributed by atoms with E-state index in [9.17, 15) is 4.79 Å². The molecular weight excluding hydrogens is 450 g/mol. The number of carboxylic acids is 1. The number of carbonyl (C=O) groups is 1. The third-order valence-electron chi connectivity index (χ3n) is 1.27. The Bertz CT molecular complexity index is 338. The van der Waals surface area contributed by atoms with Crippen LogP contribution in [0.25, 0.3) is 0 Å². The van der Waals surface area contributed by atoms with Gasteiger partial charge in [0.15, 0.2) is 0 Å². The molecule has 0 aliphatic rings. The minimum Gasteiger partial charge on any atom is -0.478 e. The van der Waals surface area contributed by atoms with Gasteiger partial charge in [-0.3, -0.25) is 0 Å². The van der Waals surface area contributed by atoms with Crippen molar-refractivity contribution in [3.8, 4) is 0 Å². The minimum atomic E-state index is -0.892. The van der Waals surface area contributed by atoms with Gasteiger partial charge in [-0.05, 0) is 73.2 Å². The number of carboxylic acid groups (broad SMARTS) is 1. The van der Waals surface area contributed by atoms with Crippen LogP contribution in [0.3, 0.4) is 0 Å². The fraction of sp³-hybridized carbons (Fsp3) is 0. The van der Waals surface area contributed by atoms with Crippen LogP contribution in [0, 0.1) is 7.14 Å². The summed E-state index contributed by atoms with van der Waals surface area (Å²) in [5.41, 5.74) is 0.336. The smallest absolute Gasteiger partial charge is 0.336 e. The van der Waals surface area contributed by atoms with Gasteiger partial charge < -0.3 is 5.11 Å². The van der Waals surface area contributed by atoms with Crippen molar-refractivity contribution < 1.29 is 9.90 Å². The van der Waals surface area contributed by atoms with Crippen LogP contribution in [-0.4, -0.2) is 11.1 Å². The molecule has 0 unspecified atom stereocenters. The number of halogens is 3. The Morgan fingerprint density at radius 3 is 2.50 bits per heavy atom. The molecule has 0 atom stereocenters. The molecule has 0 heterocycles. The van der Waals surface area contributed by atoms with Gasteiger partial charge in [0.1, 0.15) is 0 Å². The van der Waals surface area contributed by atoms with Crippen LogP contribution < -0.4 is 0 Å². The molecule has 5 heteroatoms. The van der Waals surface area contributed by atoms with Crippen molar-refractivity contribution in [2.75, 3.05) is 0 Å². The third kappa shape index (κ3) is 2.11. The lowest BCUT2D eigenvalue weighted by molar-refractivity contribution is 0.0695. The predicted molar refractivity (Wildman–Crippen MR) is 66.5 cm³/mol. The van der Waals surface area contributed by atoms with E-state index in [1.165, 1.54) is 0 Å². The van der Waals surface area contributed by atoms with E-state index in [2.05, 4.69) is 38.5 Å². The summed E-state index contributed by atoms with van der Waals surface area (Å²) in [6.07, 6.45) is 0. The minimum absolute atomic E-state index is 0.336. The van der Waals surface area contributed by atoms with Crippen LogP contribution in [0.1, 0.15) is 10.4 Å². The molecule has 0 radical (unpaired) electrons. The van der Waals surface area contributed by atoms with Gasteiger partial charge in [0.05, 0.1) is 5.56 Å². The first-order valence-corrected chi connectivity index (χ1v) is 5.86. The first-order valence-electron chi connectivity index (χ1n) is 2.91. The highest BCUT2D eigenvalue weighted by Crippen LogP contribution is 2.27. The SMILES string of the molecule is O=C(O)c1ccc(I)c(Br)c1I. The Labute approximate surface area is 105 Å². The third-order valence-corrected chi connectivity index (χ3v) is 5.59. The van der Waals surface area contributed by atoms with Crippen molar-refractivity contribution in [3.63, 3.8) is 0 Å². The van der Waals surface area contributed by atoms with Gasteiger partial charge in [-0.1, -0.05) is 0 Å². The fourth-order valence-corrected chi connectivity index (χ4v) is 2.70. The van der Waals surface area contributed by atoms with E-state index in [4.69, 9.17) is 5.11 Å². The van der Waals surface area contributed by atoms with E-state index >= 15 is 0 Å². The number of rotatable bonds is 1. The van der Waals surface area contributed by atoms with Crippen LogP contribution >= 0.6 is 61.1 Å². The molecule has 64 valence electrons. The first-order chi connectivity index (χ1) is 5.54. The Morgan fingerprint density at radius 2 is 2.00 bits per heavy atom. The van der Waals surface area contributed by atoms with Crippen LogP contribution in [-0.2, 0) is 0 Å². The van der Waals surface area contributed by atoms with E-state index in [1.54, 1.807) is 12.1 Å². The van der Waals surface area contributed by atoms with Gasteiger partial charge >= 0.3 is 5.97 Å². The second kappa shape index (κ2) is 4.23. The summed E-state index contributed by atoms with van der Waals surface area (Å²) in [5, 5.41) is 8.75.